The number of nitrogens with zero attached hydrogens (tertiary/aromatic N) is 2. The van der Waals surface area contributed by atoms with Crippen LogP contribution in [0.3, 0.4) is 0 Å². The Morgan fingerprint density at radius 1 is 1.30 bits per heavy atom. The molecule has 1 saturated heterocycles. The maximum atomic E-state index is 12.3. The molecule has 2 rings (SSSR count). The Morgan fingerprint density at radius 2 is 2.00 bits per heavy atom. The van der Waals surface area contributed by atoms with Gasteiger partial charge in [0.15, 0.2) is 0 Å². The van der Waals surface area contributed by atoms with Crippen molar-refractivity contribution in [2.45, 2.75) is 10.9 Å². The summed E-state index contributed by atoms with van der Waals surface area (Å²) < 4.78 is 27.9. The molecule has 1 aliphatic heterocycles. The maximum absolute atomic E-state index is 12.3. The van der Waals surface area contributed by atoms with Gasteiger partial charge in [-0.15, -0.1) is 0 Å². The minimum atomic E-state index is -3.47. The van der Waals surface area contributed by atoms with E-state index in [0.717, 1.165) is 19.6 Å². The predicted molar refractivity (Wildman–Crippen MR) is 83.2 cm³/mol. The van der Waals surface area contributed by atoms with E-state index in [0.29, 0.717) is 11.0 Å². The van der Waals surface area contributed by atoms with E-state index in [2.05, 4.69) is 37.5 Å². The van der Waals surface area contributed by atoms with Gasteiger partial charge < -0.3 is 4.90 Å². The fraction of sp³-hybridized carbons (Fsp3) is 0.538. The standard InChI is InChI=1S/C13H20BrN3O2S/c1-16-7-8-17(2)11(10-16)9-15-20(18,19)13-6-4-3-5-12(13)14/h3-6,11,15H,7-10H2,1-2H3. The Morgan fingerprint density at radius 3 is 2.70 bits per heavy atom. The highest BCUT2D eigenvalue weighted by atomic mass is 79.9. The molecule has 1 atom stereocenters. The summed E-state index contributed by atoms with van der Waals surface area (Å²) in [6, 6.07) is 7.05. The molecular formula is C13H20BrN3O2S. The van der Waals surface area contributed by atoms with Gasteiger partial charge in [0.05, 0.1) is 4.90 Å². The first-order valence-electron chi connectivity index (χ1n) is 6.53. The smallest absolute Gasteiger partial charge is 0.241 e. The molecule has 1 heterocycles. The maximum Gasteiger partial charge on any atom is 0.241 e. The van der Waals surface area contributed by atoms with Gasteiger partial charge in [-0.1, -0.05) is 12.1 Å². The van der Waals surface area contributed by atoms with E-state index in [1.807, 2.05) is 7.05 Å². The number of benzene rings is 1. The van der Waals surface area contributed by atoms with Gasteiger partial charge in [0.1, 0.15) is 0 Å². The molecule has 0 amide bonds. The van der Waals surface area contributed by atoms with Crippen molar-refractivity contribution < 1.29 is 8.42 Å². The second-order valence-electron chi connectivity index (χ2n) is 5.18. The molecule has 0 spiro atoms. The molecular weight excluding hydrogens is 342 g/mol. The van der Waals surface area contributed by atoms with E-state index in [1.165, 1.54) is 0 Å². The van der Waals surface area contributed by atoms with Crippen LogP contribution in [-0.4, -0.2) is 64.5 Å². The quantitative estimate of drug-likeness (QED) is 0.868. The van der Waals surface area contributed by atoms with E-state index in [4.69, 9.17) is 0 Å². The van der Waals surface area contributed by atoms with Crippen LogP contribution in [0.4, 0.5) is 0 Å². The summed E-state index contributed by atoms with van der Waals surface area (Å²) in [4.78, 5) is 4.70. The van der Waals surface area contributed by atoms with Crippen LogP contribution >= 0.6 is 15.9 Å². The van der Waals surface area contributed by atoms with Crippen LogP contribution in [0, 0.1) is 0 Å². The van der Waals surface area contributed by atoms with Crippen molar-refractivity contribution in [3.63, 3.8) is 0 Å². The Labute approximate surface area is 129 Å². The normalized spacial score (nSPS) is 22.1. The number of likely N-dealkylation sites (N-methyl/N-ethyl adjacent to an activating group) is 2. The number of sulfonamides is 1. The first kappa shape index (κ1) is 15.9. The van der Waals surface area contributed by atoms with E-state index < -0.39 is 10.0 Å². The summed E-state index contributed by atoms with van der Waals surface area (Å²) >= 11 is 3.28. The minimum Gasteiger partial charge on any atom is -0.303 e. The molecule has 1 unspecified atom stereocenters. The number of hydrogen-bond acceptors (Lipinski definition) is 4. The van der Waals surface area contributed by atoms with Gasteiger partial charge in [-0.3, -0.25) is 4.90 Å². The van der Waals surface area contributed by atoms with Crippen LogP contribution in [0.25, 0.3) is 0 Å². The van der Waals surface area contributed by atoms with E-state index in [1.54, 1.807) is 24.3 Å². The van der Waals surface area contributed by atoms with E-state index in [9.17, 15) is 8.42 Å². The Balaban J connectivity index is 2.04. The average molecular weight is 362 g/mol. The molecule has 20 heavy (non-hydrogen) atoms. The van der Waals surface area contributed by atoms with Crippen molar-refractivity contribution in [3.05, 3.63) is 28.7 Å². The summed E-state index contributed by atoms with van der Waals surface area (Å²) in [7, 11) is 0.617. The summed E-state index contributed by atoms with van der Waals surface area (Å²) in [6.07, 6.45) is 0. The molecule has 7 heteroatoms. The number of halogens is 1. The number of rotatable bonds is 4. The Hall–Kier alpha value is -0.470. The first-order valence-corrected chi connectivity index (χ1v) is 8.81. The summed E-state index contributed by atoms with van der Waals surface area (Å²) in [5.74, 6) is 0. The molecule has 1 fully saturated rings. The predicted octanol–water partition coefficient (Wildman–Crippen LogP) is 0.973. The van der Waals surface area contributed by atoms with Crippen LogP contribution < -0.4 is 4.72 Å². The van der Waals surface area contributed by atoms with Crippen LogP contribution in [0.5, 0.6) is 0 Å². The summed E-state index contributed by atoms with van der Waals surface area (Å²) in [6.45, 7) is 3.27. The molecule has 1 aliphatic rings. The molecule has 0 bridgehead atoms. The van der Waals surface area contributed by atoms with Crippen molar-refractivity contribution in [3.8, 4) is 0 Å². The van der Waals surface area contributed by atoms with E-state index in [-0.39, 0.29) is 10.9 Å². The molecule has 0 saturated carbocycles. The van der Waals surface area contributed by atoms with Crippen molar-refractivity contribution in [1.82, 2.24) is 14.5 Å². The summed E-state index contributed by atoms with van der Waals surface area (Å²) in [5, 5.41) is 0. The lowest BCUT2D eigenvalue weighted by Crippen LogP contribution is -2.54. The van der Waals surface area contributed by atoms with Crippen LogP contribution in [-0.2, 0) is 10.0 Å². The number of hydrogen-bond donors (Lipinski definition) is 1. The van der Waals surface area contributed by atoms with Crippen LogP contribution in [0.1, 0.15) is 0 Å². The number of piperazine rings is 1. The largest absolute Gasteiger partial charge is 0.303 e. The molecule has 112 valence electrons. The molecule has 5 nitrogen and oxygen atoms in total. The lowest BCUT2D eigenvalue weighted by molar-refractivity contribution is 0.117. The van der Waals surface area contributed by atoms with Crippen LogP contribution in [0.2, 0.25) is 0 Å². The molecule has 1 aromatic rings. The van der Waals surface area contributed by atoms with Crippen molar-refractivity contribution >= 4 is 26.0 Å². The Kier molecular flexibility index (Phi) is 5.19. The van der Waals surface area contributed by atoms with Gasteiger partial charge in [0, 0.05) is 36.7 Å². The highest BCUT2D eigenvalue weighted by molar-refractivity contribution is 9.10. The fourth-order valence-electron chi connectivity index (χ4n) is 2.27. The second-order valence-corrected chi connectivity index (χ2v) is 7.77. The average Bonchev–Trinajstić information content (AvgIpc) is 2.40. The van der Waals surface area contributed by atoms with Crippen LogP contribution in [0.15, 0.2) is 33.6 Å². The SMILES string of the molecule is CN1CCN(C)C(CNS(=O)(=O)c2ccccc2Br)C1. The Bertz CT molecular complexity index is 564. The zero-order valence-electron chi connectivity index (χ0n) is 11.7. The van der Waals surface area contributed by atoms with Gasteiger partial charge in [-0.25, -0.2) is 13.1 Å². The van der Waals surface area contributed by atoms with Crippen molar-refractivity contribution in [2.75, 3.05) is 40.3 Å². The van der Waals surface area contributed by atoms with Gasteiger partial charge >= 0.3 is 0 Å². The van der Waals surface area contributed by atoms with Gasteiger partial charge in [0.25, 0.3) is 0 Å². The van der Waals surface area contributed by atoms with Crippen molar-refractivity contribution in [1.29, 1.82) is 0 Å². The zero-order valence-corrected chi connectivity index (χ0v) is 14.1. The molecule has 1 aromatic carbocycles. The van der Waals surface area contributed by atoms with Gasteiger partial charge in [0.2, 0.25) is 10.0 Å². The monoisotopic (exact) mass is 361 g/mol. The number of nitrogens with one attached hydrogen (secondary N) is 1. The molecule has 0 aromatic heterocycles. The first-order chi connectivity index (χ1) is 9.40. The molecule has 0 radical (unpaired) electrons. The lowest BCUT2D eigenvalue weighted by atomic mass is 10.2. The topological polar surface area (TPSA) is 52.6 Å². The highest BCUT2D eigenvalue weighted by Crippen LogP contribution is 2.20. The zero-order chi connectivity index (χ0) is 14.8. The fourth-order valence-corrected chi connectivity index (χ4v) is 4.34. The van der Waals surface area contributed by atoms with Gasteiger partial charge in [-0.2, -0.15) is 0 Å². The van der Waals surface area contributed by atoms with Gasteiger partial charge in [-0.05, 0) is 42.2 Å². The third-order valence-electron chi connectivity index (χ3n) is 3.62. The third-order valence-corrected chi connectivity index (χ3v) is 6.05. The van der Waals surface area contributed by atoms with Crippen molar-refractivity contribution in [2.24, 2.45) is 0 Å². The second kappa shape index (κ2) is 6.53. The lowest BCUT2D eigenvalue weighted by Gasteiger charge is -2.37. The molecule has 0 aliphatic carbocycles. The molecule has 1 N–H and O–H groups in total. The highest BCUT2D eigenvalue weighted by Gasteiger charge is 2.25. The minimum absolute atomic E-state index is 0.200. The van der Waals surface area contributed by atoms with E-state index >= 15 is 0 Å². The summed E-state index contributed by atoms with van der Waals surface area (Å²) in [5.41, 5.74) is 0. The third kappa shape index (κ3) is 3.79.